The third kappa shape index (κ3) is 5.23. The lowest BCUT2D eigenvalue weighted by Gasteiger charge is -2.31. The number of aromatic nitrogens is 1. The Morgan fingerprint density at radius 1 is 1.29 bits per heavy atom. The molecule has 0 saturated heterocycles. The fourth-order valence-electron chi connectivity index (χ4n) is 3.53. The van der Waals surface area contributed by atoms with Crippen LogP contribution < -0.4 is 0 Å². The van der Waals surface area contributed by atoms with Gasteiger partial charge >= 0.3 is 6.09 Å². The summed E-state index contributed by atoms with van der Waals surface area (Å²) in [7, 11) is 1.57. The van der Waals surface area contributed by atoms with Crippen LogP contribution in [0.25, 0.3) is 11.1 Å². The maximum Gasteiger partial charge on any atom is 0.410 e. The van der Waals surface area contributed by atoms with Crippen LogP contribution in [-0.4, -0.2) is 47.1 Å². The van der Waals surface area contributed by atoms with Crippen LogP contribution >= 0.6 is 0 Å². The molecule has 2 atom stereocenters. The summed E-state index contributed by atoms with van der Waals surface area (Å²) >= 11 is 0. The second-order valence-corrected chi connectivity index (χ2v) is 10.1. The molecule has 0 N–H and O–H groups in total. The number of carbonyl (C=O) groups is 2. The quantitative estimate of drug-likeness (QED) is 0.640. The van der Waals surface area contributed by atoms with E-state index in [0.29, 0.717) is 23.9 Å². The molecule has 0 saturated carbocycles. The maximum atomic E-state index is 15.1. The van der Waals surface area contributed by atoms with Gasteiger partial charge in [0.1, 0.15) is 23.4 Å². The third-order valence-corrected chi connectivity index (χ3v) is 5.08. The van der Waals surface area contributed by atoms with Crippen molar-refractivity contribution in [2.45, 2.75) is 71.6 Å². The second-order valence-electron chi connectivity index (χ2n) is 10.1. The summed E-state index contributed by atoms with van der Waals surface area (Å²) in [5.41, 5.74) is 0.509. The highest BCUT2D eigenvalue weighted by molar-refractivity contribution is 5.77. The average Bonchev–Trinajstić information content (AvgIpc) is 3.23. The molecule has 0 spiro atoms. The van der Waals surface area contributed by atoms with Crippen molar-refractivity contribution in [2.24, 2.45) is 5.92 Å². The van der Waals surface area contributed by atoms with Gasteiger partial charge in [-0.2, -0.15) is 0 Å². The van der Waals surface area contributed by atoms with Crippen molar-refractivity contribution >= 4 is 23.5 Å². The minimum absolute atomic E-state index is 0.0265. The van der Waals surface area contributed by atoms with E-state index in [0.717, 1.165) is 11.8 Å². The average molecular weight is 435 g/mol. The summed E-state index contributed by atoms with van der Waals surface area (Å²) in [6.45, 7) is 11.1. The first-order valence-electron chi connectivity index (χ1n) is 10.4. The Morgan fingerprint density at radius 3 is 2.55 bits per heavy atom. The molecule has 1 heterocycles. The summed E-state index contributed by atoms with van der Waals surface area (Å²) in [6, 6.07) is 1.05. The highest BCUT2D eigenvalue weighted by atomic mass is 19.1. The zero-order valence-electron chi connectivity index (χ0n) is 19.2. The molecular weight excluding hydrogens is 403 g/mol. The Hall–Kier alpha value is -2.48. The van der Waals surface area contributed by atoms with Crippen LogP contribution in [0.5, 0.6) is 0 Å². The summed E-state index contributed by atoms with van der Waals surface area (Å²) < 4.78 is 32.3. The monoisotopic (exact) mass is 434 g/mol. The highest BCUT2D eigenvalue weighted by Crippen LogP contribution is 2.35. The van der Waals surface area contributed by atoms with Crippen molar-refractivity contribution in [1.29, 1.82) is 0 Å². The number of hydrogen-bond acceptors (Lipinski definition) is 6. The molecule has 0 aliphatic heterocycles. The molecule has 0 fully saturated rings. The van der Waals surface area contributed by atoms with Gasteiger partial charge in [-0.1, -0.05) is 0 Å². The molecule has 3 rings (SSSR count). The van der Waals surface area contributed by atoms with Crippen molar-refractivity contribution in [3.63, 3.8) is 0 Å². The largest absolute Gasteiger partial charge is 0.444 e. The molecule has 1 aliphatic rings. The fourth-order valence-corrected chi connectivity index (χ4v) is 3.53. The van der Waals surface area contributed by atoms with Crippen molar-refractivity contribution in [2.75, 3.05) is 13.7 Å². The topological polar surface area (TPSA) is 81.9 Å². The molecule has 0 bridgehead atoms. The number of halogens is 1. The number of benzene rings is 1. The van der Waals surface area contributed by atoms with Gasteiger partial charge in [0.2, 0.25) is 5.89 Å². The molecule has 7 nitrogen and oxygen atoms in total. The number of fused-ring (bicyclic) bond motifs is 2. The second kappa shape index (κ2) is 8.22. The van der Waals surface area contributed by atoms with E-state index in [9.17, 15) is 9.59 Å². The minimum atomic E-state index is -0.710. The van der Waals surface area contributed by atoms with Gasteiger partial charge in [0.25, 0.3) is 0 Å². The number of aldehydes is 1. The van der Waals surface area contributed by atoms with Crippen LogP contribution in [0.4, 0.5) is 9.18 Å². The number of nitrogens with zero attached hydrogens (tertiary/aromatic N) is 2. The van der Waals surface area contributed by atoms with Gasteiger partial charge in [-0.05, 0) is 71.6 Å². The van der Waals surface area contributed by atoms with E-state index in [1.54, 1.807) is 33.9 Å². The number of carbonyl (C=O) groups excluding carboxylic acids is 2. The SMILES string of the molecule is CN(C(=O)OC(C)(C)C)[C@H](COC(C)(C)C)c1nc2cc3c(c(F)c2o1)CC(C=O)C3. The Kier molecular flexibility index (Phi) is 6.15. The molecule has 8 heteroatoms. The number of oxazole rings is 1. The van der Waals surface area contributed by atoms with Crippen LogP contribution in [-0.2, 0) is 27.1 Å². The van der Waals surface area contributed by atoms with E-state index >= 15 is 4.39 Å². The summed E-state index contributed by atoms with van der Waals surface area (Å²) in [6.07, 6.45) is 1.14. The van der Waals surface area contributed by atoms with Gasteiger partial charge in [0.15, 0.2) is 11.4 Å². The molecule has 31 heavy (non-hydrogen) atoms. The molecule has 1 amide bonds. The fraction of sp³-hybridized carbons (Fsp3) is 0.609. The van der Waals surface area contributed by atoms with Crippen LogP contribution in [0.3, 0.4) is 0 Å². The van der Waals surface area contributed by atoms with E-state index < -0.39 is 29.2 Å². The zero-order chi connectivity index (χ0) is 23.1. The van der Waals surface area contributed by atoms with Gasteiger partial charge in [-0.15, -0.1) is 0 Å². The van der Waals surface area contributed by atoms with Crippen LogP contribution in [0, 0.1) is 11.7 Å². The van der Waals surface area contributed by atoms with Gasteiger partial charge < -0.3 is 18.7 Å². The van der Waals surface area contributed by atoms with Crippen molar-refractivity contribution < 1.29 is 27.9 Å². The first kappa shape index (κ1) is 23.2. The normalized spacial score (nSPS) is 17.5. The summed E-state index contributed by atoms with van der Waals surface area (Å²) in [5.74, 6) is -0.546. The minimum Gasteiger partial charge on any atom is -0.444 e. The number of ether oxygens (including phenoxy) is 2. The van der Waals surface area contributed by atoms with E-state index in [1.807, 2.05) is 20.8 Å². The molecule has 1 unspecified atom stereocenters. The predicted octanol–water partition coefficient (Wildman–Crippen LogP) is 4.60. The van der Waals surface area contributed by atoms with E-state index in [-0.39, 0.29) is 24.0 Å². The van der Waals surface area contributed by atoms with Gasteiger partial charge in [0, 0.05) is 13.0 Å². The standard InChI is InChI=1S/C23H31FN2O5/c1-22(2,3)29-12-17(26(7)21(28)31-23(4,5)6)20-25-16-10-14-8-13(11-27)9-15(14)18(24)19(16)30-20/h10-11,13,17H,8-9,12H2,1-7H3/t13?,17-/m1/s1. The Balaban J connectivity index is 1.97. The molecular formula is C23H31FN2O5. The molecule has 170 valence electrons. The Labute approximate surface area is 181 Å². The van der Waals surface area contributed by atoms with E-state index in [1.165, 1.54) is 4.90 Å². The lowest BCUT2D eigenvalue weighted by atomic mass is 10.1. The molecule has 1 aromatic carbocycles. The number of rotatable bonds is 5. The highest BCUT2D eigenvalue weighted by Gasteiger charge is 2.33. The van der Waals surface area contributed by atoms with Crippen molar-refractivity contribution in [1.82, 2.24) is 9.88 Å². The number of likely N-dealkylation sites (N-methyl/N-ethyl adjacent to an activating group) is 1. The van der Waals surface area contributed by atoms with E-state index in [4.69, 9.17) is 13.9 Å². The number of amides is 1. The van der Waals surface area contributed by atoms with Crippen molar-refractivity contribution in [3.05, 3.63) is 28.9 Å². The lowest BCUT2D eigenvalue weighted by Crippen LogP contribution is -2.39. The Bertz CT molecular complexity index is 986. The summed E-state index contributed by atoms with van der Waals surface area (Å²) in [5, 5.41) is 0. The van der Waals surface area contributed by atoms with Gasteiger partial charge in [0.05, 0.1) is 12.2 Å². The molecule has 1 aromatic heterocycles. The predicted molar refractivity (Wildman–Crippen MR) is 113 cm³/mol. The molecule has 0 radical (unpaired) electrons. The summed E-state index contributed by atoms with van der Waals surface area (Å²) in [4.78, 5) is 29.6. The molecule has 2 aromatic rings. The number of hydrogen-bond donors (Lipinski definition) is 0. The van der Waals surface area contributed by atoms with Gasteiger partial charge in [-0.3, -0.25) is 4.90 Å². The maximum absolute atomic E-state index is 15.1. The Morgan fingerprint density at radius 2 is 1.97 bits per heavy atom. The van der Waals surface area contributed by atoms with Gasteiger partial charge in [-0.25, -0.2) is 14.2 Å². The molecule has 1 aliphatic carbocycles. The van der Waals surface area contributed by atoms with Crippen LogP contribution in [0.1, 0.15) is 64.6 Å². The van der Waals surface area contributed by atoms with Crippen molar-refractivity contribution in [3.8, 4) is 0 Å². The first-order valence-corrected chi connectivity index (χ1v) is 10.4. The van der Waals surface area contributed by atoms with Crippen LogP contribution in [0.15, 0.2) is 10.5 Å². The first-order chi connectivity index (χ1) is 14.3. The third-order valence-electron chi connectivity index (χ3n) is 5.08. The zero-order valence-corrected chi connectivity index (χ0v) is 19.2. The lowest BCUT2D eigenvalue weighted by molar-refractivity contribution is -0.110. The van der Waals surface area contributed by atoms with E-state index in [2.05, 4.69) is 4.98 Å². The smallest absolute Gasteiger partial charge is 0.410 e. The van der Waals surface area contributed by atoms with Crippen LogP contribution in [0.2, 0.25) is 0 Å².